The van der Waals surface area contributed by atoms with Crippen LogP contribution in [0.5, 0.6) is 0 Å². The summed E-state index contributed by atoms with van der Waals surface area (Å²) in [6, 6.07) is 4.44. The van der Waals surface area contributed by atoms with Gasteiger partial charge in [0.1, 0.15) is 6.10 Å². The van der Waals surface area contributed by atoms with Gasteiger partial charge >= 0.3 is 11.9 Å². The van der Waals surface area contributed by atoms with E-state index in [1.54, 1.807) is 0 Å². The van der Waals surface area contributed by atoms with E-state index in [0.717, 1.165) is 19.3 Å². The lowest BCUT2D eigenvalue weighted by Crippen LogP contribution is -2.36. The molecule has 0 aromatic heterocycles. The van der Waals surface area contributed by atoms with Crippen molar-refractivity contribution < 1.29 is 19.1 Å². The molecule has 0 amide bonds. The van der Waals surface area contributed by atoms with Crippen LogP contribution in [0.4, 0.5) is 5.69 Å². The van der Waals surface area contributed by atoms with Gasteiger partial charge in [-0.15, -0.1) is 0 Å². The van der Waals surface area contributed by atoms with Gasteiger partial charge in [-0.3, -0.25) is 0 Å². The number of ether oxygens (including phenoxy) is 2. The predicted molar refractivity (Wildman–Crippen MR) is 97.4 cm³/mol. The van der Waals surface area contributed by atoms with Gasteiger partial charge in [0.25, 0.3) is 0 Å². The summed E-state index contributed by atoms with van der Waals surface area (Å²) in [5, 5.41) is 0.363. The summed E-state index contributed by atoms with van der Waals surface area (Å²) < 4.78 is 10.6. The van der Waals surface area contributed by atoms with Gasteiger partial charge in [0.05, 0.1) is 16.3 Å². The number of anilines is 1. The molecule has 0 saturated heterocycles. The second-order valence-corrected chi connectivity index (χ2v) is 7.57. The summed E-state index contributed by atoms with van der Waals surface area (Å²) in [5.74, 6) is 0.196. The van der Waals surface area contributed by atoms with E-state index in [1.165, 1.54) is 18.2 Å². The summed E-state index contributed by atoms with van der Waals surface area (Å²) in [6.07, 6.45) is 2.96. The van der Waals surface area contributed by atoms with E-state index >= 15 is 0 Å². The highest BCUT2D eigenvalue weighted by atomic mass is 35.5. The van der Waals surface area contributed by atoms with Crippen LogP contribution < -0.4 is 5.73 Å². The zero-order valence-electron chi connectivity index (χ0n) is 15.0. The zero-order chi connectivity index (χ0) is 18.6. The minimum absolute atomic E-state index is 0.110. The van der Waals surface area contributed by atoms with Crippen LogP contribution in [0, 0.1) is 17.8 Å². The number of nitrogens with two attached hydrogens (primary N) is 1. The van der Waals surface area contributed by atoms with Gasteiger partial charge in [-0.2, -0.15) is 0 Å². The molecule has 138 valence electrons. The molecule has 0 bridgehead atoms. The van der Waals surface area contributed by atoms with E-state index in [9.17, 15) is 9.59 Å². The summed E-state index contributed by atoms with van der Waals surface area (Å²) in [7, 11) is 0. The topological polar surface area (TPSA) is 78.6 Å². The monoisotopic (exact) mass is 367 g/mol. The second kappa shape index (κ2) is 8.56. The van der Waals surface area contributed by atoms with Gasteiger partial charge in [0, 0.05) is 0 Å². The fourth-order valence-corrected chi connectivity index (χ4v) is 3.45. The Bertz CT molecular complexity index is 632. The van der Waals surface area contributed by atoms with Crippen LogP contribution in [-0.2, 0) is 14.3 Å². The SMILES string of the molecule is CC(C)[C@H]1CC[C@@H](C)C[C@@H]1OC(=O)COC(=O)c1ccc(Cl)c(N)c1. The number of benzene rings is 1. The maximum Gasteiger partial charge on any atom is 0.344 e. The lowest BCUT2D eigenvalue weighted by molar-refractivity contribution is -0.159. The molecule has 6 heteroatoms. The molecule has 2 rings (SSSR count). The molecule has 0 radical (unpaired) electrons. The molecule has 0 unspecified atom stereocenters. The minimum Gasteiger partial charge on any atom is -0.460 e. The largest absolute Gasteiger partial charge is 0.460 e. The Kier molecular flexibility index (Phi) is 6.71. The van der Waals surface area contributed by atoms with Crippen LogP contribution in [0.1, 0.15) is 50.4 Å². The van der Waals surface area contributed by atoms with Crippen molar-refractivity contribution in [1.29, 1.82) is 0 Å². The number of rotatable bonds is 5. The lowest BCUT2D eigenvalue weighted by atomic mass is 9.75. The molecular formula is C19H26ClNO4. The number of hydrogen-bond donors (Lipinski definition) is 1. The summed E-state index contributed by atoms with van der Waals surface area (Å²) in [6.45, 7) is 6.05. The fraction of sp³-hybridized carbons (Fsp3) is 0.579. The Hall–Kier alpha value is -1.75. The normalized spacial score (nSPS) is 23.3. The summed E-state index contributed by atoms with van der Waals surface area (Å²) in [4.78, 5) is 24.1. The molecule has 1 aliphatic carbocycles. The van der Waals surface area contributed by atoms with Crippen molar-refractivity contribution in [3.8, 4) is 0 Å². The number of carbonyl (C=O) groups excluding carboxylic acids is 2. The lowest BCUT2D eigenvalue weighted by Gasteiger charge is -2.36. The molecule has 3 atom stereocenters. The first kappa shape index (κ1) is 19.6. The van der Waals surface area contributed by atoms with Crippen LogP contribution in [0.3, 0.4) is 0 Å². The van der Waals surface area contributed by atoms with Crippen molar-refractivity contribution in [2.75, 3.05) is 12.3 Å². The maximum absolute atomic E-state index is 12.1. The number of nitrogen functional groups attached to an aromatic ring is 1. The summed E-state index contributed by atoms with van der Waals surface area (Å²) >= 11 is 5.82. The van der Waals surface area contributed by atoms with Crippen molar-refractivity contribution in [3.05, 3.63) is 28.8 Å². The Balaban J connectivity index is 1.88. The van der Waals surface area contributed by atoms with E-state index < -0.39 is 18.5 Å². The molecule has 1 fully saturated rings. The van der Waals surface area contributed by atoms with Gasteiger partial charge in [-0.25, -0.2) is 9.59 Å². The molecule has 1 saturated carbocycles. The van der Waals surface area contributed by atoms with Gasteiger partial charge in [0.15, 0.2) is 6.61 Å². The van der Waals surface area contributed by atoms with Gasteiger partial charge in [0.2, 0.25) is 0 Å². The average molecular weight is 368 g/mol. The average Bonchev–Trinajstić information content (AvgIpc) is 2.55. The Morgan fingerprint density at radius 1 is 1.32 bits per heavy atom. The number of hydrogen-bond acceptors (Lipinski definition) is 5. The number of esters is 2. The quantitative estimate of drug-likeness (QED) is 0.626. The van der Waals surface area contributed by atoms with Crippen molar-refractivity contribution in [1.82, 2.24) is 0 Å². The molecule has 1 aliphatic rings. The van der Waals surface area contributed by atoms with Crippen LogP contribution in [0.25, 0.3) is 0 Å². The minimum atomic E-state index is -0.627. The molecular weight excluding hydrogens is 342 g/mol. The number of halogens is 1. The first-order valence-corrected chi connectivity index (χ1v) is 9.07. The van der Waals surface area contributed by atoms with E-state index in [2.05, 4.69) is 20.8 Å². The van der Waals surface area contributed by atoms with Crippen molar-refractivity contribution in [3.63, 3.8) is 0 Å². The van der Waals surface area contributed by atoms with Gasteiger partial charge in [-0.1, -0.05) is 38.8 Å². The standard InChI is InChI=1S/C19H26ClNO4/c1-11(2)14-6-4-12(3)8-17(14)25-18(22)10-24-19(23)13-5-7-15(20)16(21)9-13/h5,7,9,11-12,14,17H,4,6,8,10,21H2,1-3H3/t12-,14-,17+/m1/s1. The van der Waals surface area contributed by atoms with Crippen LogP contribution >= 0.6 is 11.6 Å². The number of carbonyl (C=O) groups is 2. The summed E-state index contributed by atoms with van der Waals surface area (Å²) in [5.41, 5.74) is 6.20. The van der Waals surface area contributed by atoms with Crippen molar-refractivity contribution in [2.45, 2.75) is 46.1 Å². The molecule has 5 nitrogen and oxygen atoms in total. The van der Waals surface area contributed by atoms with Crippen LogP contribution in [-0.4, -0.2) is 24.6 Å². The van der Waals surface area contributed by atoms with Crippen molar-refractivity contribution in [2.24, 2.45) is 17.8 Å². The van der Waals surface area contributed by atoms with Gasteiger partial charge < -0.3 is 15.2 Å². The van der Waals surface area contributed by atoms with E-state index in [1.807, 2.05) is 0 Å². The highest BCUT2D eigenvalue weighted by Crippen LogP contribution is 2.35. The van der Waals surface area contributed by atoms with E-state index in [0.29, 0.717) is 22.8 Å². The second-order valence-electron chi connectivity index (χ2n) is 7.17. The van der Waals surface area contributed by atoms with Crippen LogP contribution in [0.2, 0.25) is 5.02 Å². The third-order valence-corrected chi connectivity index (χ3v) is 5.14. The van der Waals surface area contributed by atoms with Gasteiger partial charge in [-0.05, 0) is 48.8 Å². The Morgan fingerprint density at radius 2 is 2.04 bits per heavy atom. The molecule has 0 aliphatic heterocycles. The molecule has 1 aromatic carbocycles. The highest BCUT2D eigenvalue weighted by Gasteiger charge is 2.33. The predicted octanol–water partition coefficient (Wildman–Crippen LogP) is 4.08. The van der Waals surface area contributed by atoms with Crippen molar-refractivity contribution >= 4 is 29.2 Å². The van der Waals surface area contributed by atoms with E-state index in [4.69, 9.17) is 26.8 Å². The molecule has 1 aromatic rings. The Labute approximate surface area is 153 Å². The first-order chi connectivity index (χ1) is 11.8. The highest BCUT2D eigenvalue weighted by molar-refractivity contribution is 6.33. The van der Waals surface area contributed by atoms with E-state index in [-0.39, 0.29) is 17.4 Å². The third kappa shape index (κ3) is 5.36. The van der Waals surface area contributed by atoms with Crippen LogP contribution in [0.15, 0.2) is 18.2 Å². The zero-order valence-corrected chi connectivity index (χ0v) is 15.7. The Morgan fingerprint density at radius 3 is 2.68 bits per heavy atom. The maximum atomic E-state index is 12.1. The third-order valence-electron chi connectivity index (χ3n) is 4.80. The molecule has 0 heterocycles. The molecule has 25 heavy (non-hydrogen) atoms. The smallest absolute Gasteiger partial charge is 0.344 e. The molecule has 0 spiro atoms. The first-order valence-electron chi connectivity index (χ1n) is 8.69. The molecule has 2 N–H and O–H groups in total. The fourth-order valence-electron chi connectivity index (χ4n) is 3.33.